The summed E-state index contributed by atoms with van der Waals surface area (Å²) in [4.78, 5) is 4.18. The van der Waals surface area contributed by atoms with Crippen LogP contribution in [0.4, 0.5) is 0 Å². The molecule has 0 N–H and O–H groups in total. The molecule has 0 radical (unpaired) electrons. The summed E-state index contributed by atoms with van der Waals surface area (Å²) >= 11 is 3.58. The summed E-state index contributed by atoms with van der Waals surface area (Å²) in [5, 5.41) is 0. The van der Waals surface area contributed by atoms with Crippen molar-refractivity contribution in [2.24, 2.45) is 0 Å². The van der Waals surface area contributed by atoms with Crippen LogP contribution in [-0.2, 0) is 5.41 Å². The zero-order chi connectivity index (χ0) is 9.35. The van der Waals surface area contributed by atoms with Gasteiger partial charge in [-0.3, -0.25) is 4.98 Å². The van der Waals surface area contributed by atoms with Gasteiger partial charge in [-0.2, -0.15) is 0 Å². The second kappa shape index (κ2) is 3.17. The van der Waals surface area contributed by atoms with Crippen LogP contribution in [0, 0.1) is 6.92 Å². The van der Waals surface area contributed by atoms with Crippen molar-refractivity contribution in [1.29, 1.82) is 0 Å². The summed E-state index contributed by atoms with van der Waals surface area (Å²) in [6.45, 7) is 8.63. The molecule has 2 heteroatoms. The molecule has 0 aliphatic carbocycles. The molecule has 66 valence electrons. The number of aryl methyl sites for hydroxylation is 1. The maximum atomic E-state index is 4.18. The van der Waals surface area contributed by atoms with Crippen molar-refractivity contribution in [2.75, 3.05) is 0 Å². The molecule has 12 heavy (non-hydrogen) atoms. The number of rotatable bonds is 0. The molecule has 0 saturated carbocycles. The number of hydrogen-bond donors (Lipinski definition) is 0. The Hall–Kier alpha value is -0.370. The summed E-state index contributed by atoms with van der Waals surface area (Å²) in [6.07, 6.45) is 3.80. The fourth-order valence-electron chi connectivity index (χ4n) is 1.07. The molecule has 0 aliphatic heterocycles. The van der Waals surface area contributed by atoms with E-state index in [0.717, 1.165) is 0 Å². The average Bonchev–Trinajstić information content (AvgIpc) is 1.92. The van der Waals surface area contributed by atoms with Crippen LogP contribution >= 0.6 is 15.9 Å². The SMILES string of the molecule is Cc1cncc(C(C)(C)C)c1Br. The molecule has 0 amide bonds. The van der Waals surface area contributed by atoms with Crippen molar-refractivity contribution in [3.05, 3.63) is 28.0 Å². The van der Waals surface area contributed by atoms with Crippen LogP contribution in [0.5, 0.6) is 0 Å². The van der Waals surface area contributed by atoms with E-state index in [1.165, 1.54) is 15.6 Å². The minimum atomic E-state index is 0.165. The van der Waals surface area contributed by atoms with Gasteiger partial charge in [-0.15, -0.1) is 0 Å². The molecule has 1 nitrogen and oxygen atoms in total. The Morgan fingerprint density at radius 1 is 1.25 bits per heavy atom. The van der Waals surface area contributed by atoms with Gasteiger partial charge in [-0.25, -0.2) is 0 Å². The lowest BCUT2D eigenvalue weighted by atomic mass is 9.88. The van der Waals surface area contributed by atoms with Gasteiger partial charge in [0.25, 0.3) is 0 Å². The first-order chi connectivity index (χ1) is 5.43. The lowest BCUT2D eigenvalue weighted by Crippen LogP contribution is -2.12. The first-order valence-electron chi connectivity index (χ1n) is 4.03. The highest BCUT2D eigenvalue weighted by molar-refractivity contribution is 9.10. The second-order valence-electron chi connectivity index (χ2n) is 4.07. The maximum absolute atomic E-state index is 4.18. The van der Waals surface area contributed by atoms with Gasteiger partial charge in [-0.05, 0) is 23.5 Å². The fraction of sp³-hybridized carbons (Fsp3) is 0.500. The van der Waals surface area contributed by atoms with Crippen molar-refractivity contribution in [3.8, 4) is 0 Å². The third-order valence-electron chi connectivity index (χ3n) is 1.86. The Kier molecular flexibility index (Phi) is 2.57. The van der Waals surface area contributed by atoms with Gasteiger partial charge >= 0.3 is 0 Å². The predicted octanol–water partition coefficient (Wildman–Crippen LogP) is 3.45. The highest BCUT2D eigenvalue weighted by Crippen LogP contribution is 2.30. The molecule has 1 heterocycles. The molecule has 0 spiro atoms. The van der Waals surface area contributed by atoms with Crippen LogP contribution < -0.4 is 0 Å². The number of nitrogens with zero attached hydrogens (tertiary/aromatic N) is 1. The molecule has 0 fully saturated rings. The minimum absolute atomic E-state index is 0.165. The van der Waals surface area contributed by atoms with E-state index in [0.29, 0.717) is 0 Å². The maximum Gasteiger partial charge on any atom is 0.0316 e. The normalized spacial score (nSPS) is 11.8. The first-order valence-corrected chi connectivity index (χ1v) is 4.83. The van der Waals surface area contributed by atoms with E-state index < -0.39 is 0 Å². The molecule has 0 aromatic carbocycles. The molecular formula is C10H14BrN. The monoisotopic (exact) mass is 227 g/mol. The number of pyridine rings is 1. The van der Waals surface area contributed by atoms with Gasteiger partial charge in [0.1, 0.15) is 0 Å². The highest BCUT2D eigenvalue weighted by atomic mass is 79.9. The molecular weight excluding hydrogens is 214 g/mol. The number of aromatic nitrogens is 1. The molecule has 0 unspecified atom stereocenters. The molecule has 0 bridgehead atoms. The van der Waals surface area contributed by atoms with Gasteiger partial charge in [0.15, 0.2) is 0 Å². The lowest BCUT2D eigenvalue weighted by molar-refractivity contribution is 0.583. The Labute approximate surface area is 82.3 Å². The third-order valence-corrected chi connectivity index (χ3v) is 2.92. The van der Waals surface area contributed by atoms with E-state index in [9.17, 15) is 0 Å². The summed E-state index contributed by atoms with van der Waals surface area (Å²) in [5.74, 6) is 0. The van der Waals surface area contributed by atoms with Gasteiger partial charge in [0, 0.05) is 16.9 Å². The summed E-state index contributed by atoms with van der Waals surface area (Å²) in [7, 11) is 0. The first kappa shape index (κ1) is 9.72. The van der Waals surface area contributed by atoms with Crippen molar-refractivity contribution in [1.82, 2.24) is 4.98 Å². The zero-order valence-corrected chi connectivity index (χ0v) is 9.57. The van der Waals surface area contributed by atoms with E-state index in [2.05, 4.69) is 48.6 Å². The quantitative estimate of drug-likeness (QED) is 0.662. The fourth-order valence-corrected chi connectivity index (χ4v) is 1.87. The van der Waals surface area contributed by atoms with Crippen LogP contribution in [0.3, 0.4) is 0 Å². The zero-order valence-electron chi connectivity index (χ0n) is 7.98. The highest BCUT2D eigenvalue weighted by Gasteiger charge is 2.17. The van der Waals surface area contributed by atoms with E-state index in [1.807, 2.05) is 12.4 Å². The van der Waals surface area contributed by atoms with Crippen molar-refractivity contribution >= 4 is 15.9 Å². The Morgan fingerprint density at radius 2 is 1.83 bits per heavy atom. The third kappa shape index (κ3) is 1.86. The minimum Gasteiger partial charge on any atom is -0.264 e. The van der Waals surface area contributed by atoms with E-state index in [1.54, 1.807) is 0 Å². The van der Waals surface area contributed by atoms with Gasteiger partial charge in [0.05, 0.1) is 0 Å². The van der Waals surface area contributed by atoms with Gasteiger partial charge in [0.2, 0.25) is 0 Å². The van der Waals surface area contributed by atoms with Gasteiger partial charge < -0.3 is 0 Å². The number of halogens is 1. The predicted molar refractivity (Wildman–Crippen MR) is 55.4 cm³/mol. The molecule has 1 aromatic rings. The van der Waals surface area contributed by atoms with Crippen molar-refractivity contribution in [2.45, 2.75) is 33.1 Å². The molecule has 1 aromatic heterocycles. The molecule has 0 saturated heterocycles. The summed E-state index contributed by atoms with van der Waals surface area (Å²) in [6, 6.07) is 0. The topological polar surface area (TPSA) is 12.9 Å². The average molecular weight is 228 g/mol. The second-order valence-corrected chi connectivity index (χ2v) is 4.86. The standard InChI is InChI=1S/C10H14BrN/c1-7-5-12-6-8(9(7)11)10(2,3)4/h5-6H,1-4H3. The van der Waals surface area contributed by atoms with Crippen LogP contribution in [0.15, 0.2) is 16.9 Å². The molecule has 0 atom stereocenters. The van der Waals surface area contributed by atoms with Crippen LogP contribution in [-0.4, -0.2) is 4.98 Å². The lowest BCUT2D eigenvalue weighted by Gasteiger charge is -2.20. The Balaban J connectivity index is 3.26. The largest absolute Gasteiger partial charge is 0.264 e. The van der Waals surface area contributed by atoms with Crippen LogP contribution in [0.25, 0.3) is 0 Å². The van der Waals surface area contributed by atoms with Crippen LogP contribution in [0.1, 0.15) is 31.9 Å². The van der Waals surface area contributed by atoms with Crippen molar-refractivity contribution in [3.63, 3.8) is 0 Å². The molecule has 1 rings (SSSR count). The Bertz CT molecular complexity index is 286. The van der Waals surface area contributed by atoms with Crippen molar-refractivity contribution < 1.29 is 0 Å². The Morgan fingerprint density at radius 3 is 2.25 bits per heavy atom. The summed E-state index contributed by atoms with van der Waals surface area (Å²) < 4.78 is 1.19. The van der Waals surface area contributed by atoms with E-state index in [4.69, 9.17) is 0 Å². The number of hydrogen-bond acceptors (Lipinski definition) is 1. The van der Waals surface area contributed by atoms with E-state index in [-0.39, 0.29) is 5.41 Å². The van der Waals surface area contributed by atoms with Crippen LogP contribution in [0.2, 0.25) is 0 Å². The van der Waals surface area contributed by atoms with Gasteiger partial charge in [-0.1, -0.05) is 36.7 Å². The smallest absolute Gasteiger partial charge is 0.0316 e. The van der Waals surface area contributed by atoms with E-state index >= 15 is 0 Å². The summed E-state index contributed by atoms with van der Waals surface area (Å²) in [5.41, 5.74) is 2.63. The molecule has 0 aliphatic rings.